The SMILES string of the molecule is CCc1cnc(CNC(=O)c2cnc(C)cc2NC)s1. The minimum absolute atomic E-state index is 0.143. The first-order chi connectivity index (χ1) is 9.63. The molecule has 0 aliphatic carbocycles. The maximum Gasteiger partial charge on any atom is 0.255 e. The molecule has 2 N–H and O–H groups in total. The standard InChI is InChI=1S/C14H18N4OS/c1-4-10-6-17-13(20-10)8-18-14(19)11-7-16-9(2)5-12(11)15-3/h5-7H,4,8H2,1-3H3,(H,15,16)(H,18,19). The number of aryl methyl sites for hydroxylation is 2. The van der Waals surface area contributed by atoms with E-state index in [2.05, 4.69) is 27.5 Å². The maximum atomic E-state index is 12.2. The highest BCUT2D eigenvalue weighted by molar-refractivity contribution is 7.11. The lowest BCUT2D eigenvalue weighted by molar-refractivity contribution is 0.0951. The van der Waals surface area contributed by atoms with E-state index in [0.717, 1.165) is 22.8 Å². The van der Waals surface area contributed by atoms with Gasteiger partial charge < -0.3 is 10.6 Å². The van der Waals surface area contributed by atoms with Gasteiger partial charge in [0.15, 0.2) is 0 Å². The van der Waals surface area contributed by atoms with Crippen LogP contribution in [0.2, 0.25) is 0 Å². The number of nitrogens with one attached hydrogen (secondary N) is 2. The minimum Gasteiger partial charge on any atom is -0.387 e. The first-order valence-electron chi connectivity index (χ1n) is 6.50. The lowest BCUT2D eigenvalue weighted by atomic mass is 10.2. The van der Waals surface area contributed by atoms with Crippen LogP contribution in [0, 0.1) is 6.92 Å². The van der Waals surface area contributed by atoms with Crippen LogP contribution in [0.3, 0.4) is 0 Å². The van der Waals surface area contributed by atoms with Crippen molar-refractivity contribution in [3.8, 4) is 0 Å². The number of aromatic nitrogens is 2. The van der Waals surface area contributed by atoms with E-state index in [-0.39, 0.29) is 5.91 Å². The van der Waals surface area contributed by atoms with Crippen molar-refractivity contribution < 1.29 is 4.79 Å². The van der Waals surface area contributed by atoms with Crippen LogP contribution in [0.4, 0.5) is 5.69 Å². The second kappa shape index (κ2) is 6.47. The van der Waals surface area contributed by atoms with Crippen molar-refractivity contribution in [2.45, 2.75) is 26.8 Å². The summed E-state index contributed by atoms with van der Waals surface area (Å²) in [5, 5.41) is 6.81. The number of anilines is 1. The second-order valence-corrected chi connectivity index (χ2v) is 5.58. The predicted molar refractivity (Wildman–Crippen MR) is 81.2 cm³/mol. The van der Waals surface area contributed by atoms with E-state index < -0.39 is 0 Å². The highest BCUT2D eigenvalue weighted by Gasteiger charge is 2.12. The van der Waals surface area contributed by atoms with E-state index in [1.54, 1.807) is 24.6 Å². The number of hydrogen-bond acceptors (Lipinski definition) is 5. The number of carbonyl (C=O) groups is 1. The van der Waals surface area contributed by atoms with Crippen molar-refractivity contribution in [3.05, 3.63) is 39.6 Å². The summed E-state index contributed by atoms with van der Waals surface area (Å²) in [6.45, 7) is 4.43. The number of thiazole rings is 1. The summed E-state index contributed by atoms with van der Waals surface area (Å²) in [4.78, 5) is 21.8. The van der Waals surface area contributed by atoms with Crippen LogP contribution in [0.1, 0.15) is 32.9 Å². The first kappa shape index (κ1) is 14.5. The van der Waals surface area contributed by atoms with Gasteiger partial charge in [0.2, 0.25) is 0 Å². The zero-order chi connectivity index (χ0) is 14.5. The van der Waals surface area contributed by atoms with Crippen LogP contribution in [-0.4, -0.2) is 22.9 Å². The average Bonchev–Trinajstić information content (AvgIpc) is 2.92. The highest BCUT2D eigenvalue weighted by Crippen LogP contribution is 2.16. The fourth-order valence-corrected chi connectivity index (χ4v) is 2.59. The van der Waals surface area contributed by atoms with E-state index in [1.165, 1.54) is 4.88 Å². The fourth-order valence-electron chi connectivity index (χ4n) is 1.79. The molecule has 0 aromatic carbocycles. The van der Waals surface area contributed by atoms with E-state index in [1.807, 2.05) is 19.2 Å². The summed E-state index contributed by atoms with van der Waals surface area (Å²) in [5.41, 5.74) is 2.20. The van der Waals surface area contributed by atoms with Gasteiger partial charge in [0, 0.05) is 30.0 Å². The molecular weight excluding hydrogens is 272 g/mol. The van der Waals surface area contributed by atoms with Gasteiger partial charge in [0.25, 0.3) is 5.91 Å². The molecule has 0 unspecified atom stereocenters. The van der Waals surface area contributed by atoms with E-state index >= 15 is 0 Å². The molecule has 0 aliphatic heterocycles. The quantitative estimate of drug-likeness (QED) is 0.887. The summed E-state index contributed by atoms with van der Waals surface area (Å²) >= 11 is 1.63. The topological polar surface area (TPSA) is 66.9 Å². The molecule has 2 heterocycles. The largest absolute Gasteiger partial charge is 0.387 e. The lowest BCUT2D eigenvalue weighted by Gasteiger charge is -2.09. The Balaban J connectivity index is 2.04. The van der Waals surface area contributed by atoms with Crippen molar-refractivity contribution in [2.24, 2.45) is 0 Å². The van der Waals surface area contributed by atoms with Crippen LogP contribution in [-0.2, 0) is 13.0 Å². The zero-order valence-electron chi connectivity index (χ0n) is 11.9. The molecule has 0 spiro atoms. The molecule has 0 saturated carbocycles. The molecule has 0 radical (unpaired) electrons. The molecule has 2 rings (SSSR count). The third kappa shape index (κ3) is 3.33. The van der Waals surface area contributed by atoms with Crippen molar-refractivity contribution in [2.75, 3.05) is 12.4 Å². The summed E-state index contributed by atoms with van der Waals surface area (Å²) in [5.74, 6) is -0.143. The molecule has 6 heteroatoms. The van der Waals surface area contributed by atoms with Gasteiger partial charge in [-0.3, -0.25) is 9.78 Å². The molecule has 20 heavy (non-hydrogen) atoms. The Morgan fingerprint density at radius 1 is 1.35 bits per heavy atom. The van der Waals surface area contributed by atoms with Crippen LogP contribution < -0.4 is 10.6 Å². The fraction of sp³-hybridized carbons (Fsp3) is 0.357. The number of amides is 1. The van der Waals surface area contributed by atoms with Gasteiger partial charge >= 0.3 is 0 Å². The number of carbonyl (C=O) groups excluding carboxylic acids is 1. The Hall–Kier alpha value is -1.95. The Labute approximate surface area is 122 Å². The van der Waals surface area contributed by atoms with Gasteiger partial charge in [-0.2, -0.15) is 0 Å². The van der Waals surface area contributed by atoms with Gasteiger partial charge in [-0.25, -0.2) is 4.98 Å². The monoisotopic (exact) mass is 290 g/mol. The molecule has 1 amide bonds. The Morgan fingerprint density at radius 3 is 2.80 bits per heavy atom. The van der Waals surface area contributed by atoms with Gasteiger partial charge in [-0.1, -0.05) is 6.92 Å². The Morgan fingerprint density at radius 2 is 2.15 bits per heavy atom. The number of pyridine rings is 1. The van der Waals surface area contributed by atoms with Crippen LogP contribution in [0.5, 0.6) is 0 Å². The molecule has 0 saturated heterocycles. The Kier molecular flexibility index (Phi) is 4.68. The van der Waals surface area contributed by atoms with Crippen molar-refractivity contribution in [1.82, 2.24) is 15.3 Å². The number of nitrogens with zero attached hydrogens (tertiary/aromatic N) is 2. The lowest BCUT2D eigenvalue weighted by Crippen LogP contribution is -2.24. The van der Waals surface area contributed by atoms with Crippen LogP contribution >= 0.6 is 11.3 Å². The minimum atomic E-state index is -0.143. The first-order valence-corrected chi connectivity index (χ1v) is 7.31. The molecule has 5 nitrogen and oxygen atoms in total. The third-order valence-electron chi connectivity index (χ3n) is 2.90. The van der Waals surface area contributed by atoms with E-state index in [0.29, 0.717) is 12.1 Å². The molecule has 0 atom stereocenters. The normalized spacial score (nSPS) is 10.3. The smallest absolute Gasteiger partial charge is 0.255 e. The summed E-state index contributed by atoms with van der Waals surface area (Å²) in [6, 6.07) is 1.85. The third-order valence-corrected chi connectivity index (χ3v) is 4.05. The molecule has 0 bridgehead atoms. The van der Waals surface area contributed by atoms with E-state index in [9.17, 15) is 4.79 Å². The summed E-state index contributed by atoms with van der Waals surface area (Å²) in [7, 11) is 1.79. The molecular formula is C14H18N4OS. The average molecular weight is 290 g/mol. The van der Waals surface area contributed by atoms with E-state index in [4.69, 9.17) is 0 Å². The van der Waals surface area contributed by atoms with Crippen molar-refractivity contribution in [3.63, 3.8) is 0 Å². The second-order valence-electron chi connectivity index (χ2n) is 4.38. The van der Waals surface area contributed by atoms with Gasteiger partial charge in [0.05, 0.1) is 17.8 Å². The molecule has 2 aromatic rings. The van der Waals surface area contributed by atoms with Crippen molar-refractivity contribution >= 4 is 22.9 Å². The summed E-state index contributed by atoms with van der Waals surface area (Å²) < 4.78 is 0. The van der Waals surface area contributed by atoms with Crippen molar-refractivity contribution in [1.29, 1.82) is 0 Å². The van der Waals surface area contributed by atoms with Gasteiger partial charge in [-0.05, 0) is 19.4 Å². The number of rotatable bonds is 5. The van der Waals surface area contributed by atoms with Gasteiger partial charge in [-0.15, -0.1) is 11.3 Å². The Bertz CT molecular complexity index is 609. The molecule has 0 aliphatic rings. The predicted octanol–water partition coefficient (Wildman–Crippen LogP) is 2.38. The number of hydrogen-bond donors (Lipinski definition) is 2. The highest BCUT2D eigenvalue weighted by atomic mass is 32.1. The zero-order valence-corrected chi connectivity index (χ0v) is 12.7. The maximum absolute atomic E-state index is 12.2. The summed E-state index contributed by atoms with van der Waals surface area (Å²) in [6.07, 6.45) is 4.42. The molecule has 0 fully saturated rings. The van der Waals surface area contributed by atoms with Gasteiger partial charge in [0.1, 0.15) is 5.01 Å². The van der Waals surface area contributed by atoms with Crippen LogP contribution in [0.15, 0.2) is 18.5 Å². The van der Waals surface area contributed by atoms with Crippen LogP contribution in [0.25, 0.3) is 0 Å². The molecule has 106 valence electrons. The molecule has 2 aromatic heterocycles.